The SMILES string of the molecule is O=C(CC(=O)c1ccc(-c2ccccc2)cc1)NCCc1ccc(CN2CCC(Nc3ccccn3)CC2)cc1. The monoisotopic (exact) mass is 532 g/mol. The molecule has 1 aliphatic heterocycles. The van der Waals surface area contributed by atoms with Crippen LogP contribution in [0.2, 0.25) is 0 Å². The van der Waals surface area contributed by atoms with Gasteiger partial charge < -0.3 is 10.6 Å². The van der Waals surface area contributed by atoms with Crippen molar-refractivity contribution in [1.82, 2.24) is 15.2 Å². The van der Waals surface area contributed by atoms with Gasteiger partial charge in [-0.25, -0.2) is 4.98 Å². The molecule has 204 valence electrons. The number of hydrogen-bond acceptors (Lipinski definition) is 5. The Morgan fingerprint density at radius 3 is 2.15 bits per heavy atom. The predicted molar refractivity (Wildman–Crippen MR) is 160 cm³/mol. The first kappa shape index (κ1) is 27.3. The molecule has 0 unspecified atom stereocenters. The lowest BCUT2D eigenvalue weighted by Crippen LogP contribution is -2.38. The average Bonchev–Trinajstić information content (AvgIpc) is 3.00. The molecule has 1 aromatic heterocycles. The Morgan fingerprint density at radius 2 is 1.45 bits per heavy atom. The van der Waals surface area contributed by atoms with Gasteiger partial charge in [0.15, 0.2) is 5.78 Å². The number of amides is 1. The fraction of sp³-hybridized carbons (Fsp3) is 0.265. The molecule has 1 saturated heterocycles. The number of Topliss-reactive ketones (excluding diaryl/α,β-unsaturated/α-hetero) is 1. The van der Waals surface area contributed by atoms with E-state index in [1.807, 2.05) is 66.9 Å². The van der Waals surface area contributed by atoms with Crippen LogP contribution < -0.4 is 10.6 Å². The number of ketones is 1. The average molecular weight is 533 g/mol. The first-order chi connectivity index (χ1) is 19.6. The molecule has 0 aliphatic carbocycles. The van der Waals surface area contributed by atoms with E-state index >= 15 is 0 Å². The summed E-state index contributed by atoms with van der Waals surface area (Å²) in [5.74, 6) is 0.542. The number of hydrogen-bond donors (Lipinski definition) is 2. The second-order valence-electron chi connectivity index (χ2n) is 10.4. The lowest BCUT2D eigenvalue weighted by molar-refractivity contribution is -0.120. The summed E-state index contributed by atoms with van der Waals surface area (Å²) >= 11 is 0. The number of nitrogens with zero attached hydrogens (tertiary/aromatic N) is 2. The molecule has 2 N–H and O–H groups in total. The second kappa shape index (κ2) is 13.7. The van der Waals surface area contributed by atoms with Crippen molar-refractivity contribution in [2.24, 2.45) is 0 Å². The van der Waals surface area contributed by atoms with Crippen molar-refractivity contribution < 1.29 is 9.59 Å². The quantitative estimate of drug-likeness (QED) is 0.190. The van der Waals surface area contributed by atoms with E-state index in [0.717, 1.165) is 55.8 Å². The van der Waals surface area contributed by atoms with Gasteiger partial charge in [0, 0.05) is 44.0 Å². The molecule has 0 saturated carbocycles. The van der Waals surface area contributed by atoms with Crippen LogP contribution in [0.5, 0.6) is 0 Å². The highest BCUT2D eigenvalue weighted by Gasteiger charge is 2.19. The van der Waals surface area contributed by atoms with E-state index in [1.54, 1.807) is 12.1 Å². The molecule has 3 aromatic carbocycles. The number of carbonyl (C=O) groups excluding carboxylic acids is 2. The summed E-state index contributed by atoms with van der Waals surface area (Å²) in [7, 11) is 0. The highest BCUT2D eigenvalue weighted by molar-refractivity contribution is 6.07. The molecule has 40 heavy (non-hydrogen) atoms. The Bertz CT molecular complexity index is 1370. The summed E-state index contributed by atoms with van der Waals surface area (Å²) in [5.41, 5.74) is 5.17. The van der Waals surface area contributed by atoms with E-state index in [-0.39, 0.29) is 18.1 Å². The molecule has 1 amide bonds. The van der Waals surface area contributed by atoms with Gasteiger partial charge in [0.2, 0.25) is 5.91 Å². The zero-order valence-corrected chi connectivity index (χ0v) is 22.8. The number of anilines is 1. The fourth-order valence-electron chi connectivity index (χ4n) is 5.10. The smallest absolute Gasteiger partial charge is 0.227 e. The summed E-state index contributed by atoms with van der Waals surface area (Å²) < 4.78 is 0. The van der Waals surface area contributed by atoms with Crippen LogP contribution in [0, 0.1) is 0 Å². The van der Waals surface area contributed by atoms with Gasteiger partial charge in [-0.1, -0.05) is 84.9 Å². The molecule has 0 spiro atoms. The molecule has 6 heteroatoms. The van der Waals surface area contributed by atoms with Crippen LogP contribution in [0.4, 0.5) is 5.82 Å². The van der Waals surface area contributed by atoms with Crippen LogP contribution in [-0.2, 0) is 17.8 Å². The third-order valence-electron chi connectivity index (χ3n) is 7.40. The maximum Gasteiger partial charge on any atom is 0.227 e. The summed E-state index contributed by atoms with van der Waals surface area (Å²) in [5, 5.41) is 6.43. The topological polar surface area (TPSA) is 74.3 Å². The van der Waals surface area contributed by atoms with Gasteiger partial charge in [-0.3, -0.25) is 14.5 Å². The van der Waals surface area contributed by atoms with Gasteiger partial charge >= 0.3 is 0 Å². The second-order valence-corrected chi connectivity index (χ2v) is 10.4. The van der Waals surface area contributed by atoms with Gasteiger partial charge in [0.05, 0.1) is 6.42 Å². The third kappa shape index (κ3) is 7.87. The molecular weight excluding hydrogens is 496 g/mol. The Kier molecular flexibility index (Phi) is 9.33. The minimum atomic E-state index is -0.241. The van der Waals surface area contributed by atoms with Crippen molar-refractivity contribution in [3.63, 3.8) is 0 Å². The van der Waals surface area contributed by atoms with E-state index < -0.39 is 0 Å². The number of aromatic nitrogens is 1. The highest BCUT2D eigenvalue weighted by Crippen LogP contribution is 2.20. The molecule has 0 atom stereocenters. The summed E-state index contributed by atoms with van der Waals surface area (Å²) in [6.45, 7) is 3.58. The van der Waals surface area contributed by atoms with Gasteiger partial charge in [-0.15, -0.1) is 0 Å². The van der Waals surface area contributed by atoms with E-state index in [9.17, 15) is 9.59 Å². The number of rotatable bonds is 11. The Balaban J connectivity index is 0.998. The third-order valence-corrected chi connectivity index (χ3v) is 7.40. The van der Waals surface area contributed by atoms with Crippen molar-refractivity contribution in [3.05, 3.63) is 120 Å². The molecule has 1 fully saturated rings. The normalized spacial score (nSPS) is 14.0. The van der Waals surface area contributed by atoms with Gasteiger partial charge in [0.25, 0.3) is 0 Å². The summed E-state index contributed by atoms with van der Waals surface area (Å²) in [6.07, 6.45) is 4.63. The fourth-order valence-corrected chi connectivity index (χ4v) is 5.10. The number of pyridine rings is 1. The number of benzene rings is 3. The van der Waals surface area contributed by atoms with Gasteiger partial charge in [0.1, 0.15) is 5.82 Å². The molecule has 5 rings (SSSR count). The number of piperidine rings is 1. The standard InChI is InChI=1S/C34H36N4O2/c39-32(30-15-13-29(14-16-30)28-6-2-1-3-7-28)24-34(40)36-21-17-26-9-11-27(12-10-26)25-38-22-18-31(19-23-38)37-33-8-4-5-20-35-33/h1-16,20,31H,17-19,21-25H2,(H,35,37)(H,36,40). The van der Waals surface area contributed by atoms with Crippen molar-refractivity contribution in [2.75, 3.05) is 25.0 Å². The van der Waals surface area contributed by atoms with Gasteiger partial charge in [-0.05, 0) is 53.6 Å². The Labute approximate surface area is 236 Å². The van der Waals surface area contributed by atoms with Crippen LogP contribution in [0.1, 0.15) is 40.7 Å². The minimum Gasteiger partial charge on any atom is -0.367 e. The molecular formula is C34H36N4O2. The molecule has 2 heterocycles. The molecule has 0 bridgehead atoms. The number of carbonyl (C=O) groups is 2. The lowest BCUT2D eigenvalue weighted by Gasteiger charge is -2.32. The zero-order chi connectivity index (χ0) is 27.6. The van der Waals surface area contributed by atoms with Crippen LogP contribution in [0.25, 0.3) is 11.1 Å². The number of likely N-dealkylation sites (tertiary alicyclic amines) is 1. The maximum atomic E-state index is 12.6. The zero-order valence-electron chi connectivity index (χ0n) is 22.8. The molecule has 1 aliphatic rings. The van der Waals surface area contributed by atoms with Crippen LogP contribution in [-0.4, -0.2) is 47.3 Å². The summed E-state index contributed by atoms with van der Waals surface area (Å²) in [6, 6.07) is 32.5. The first-order valence-corrected chi connectivity index (χ1v) is 14.1. The van der Waals surface area contributed by atoms with E-state index in [4.69, 9.17) is 0 Å². The van der Waals surface area contributed by atoms with Crippen LogP contribution >= 0.6 is 0 Å². The molecule has 0 radical (unpaired) electrons. The van der Waals surface area contributed by atoms with Crippen molar-refractivity contribution in [3.8, 4) is 11.1 Å². The summed E-state index contributed by atoms with van der Waals surface area (Å²) in [4.78, 5) is 31.8. The Hall–Kier alpha value is -4.29. The van der Waals surface area contributed by atoms with Crippen molar-refractivity contribution in [2.45, 2.75) is 38.3 Å². The van der Waals surface area contributed by atoms with Gasteiger partial charge in [-0.2, -0.15) is 0 Å². The maximum absolute atomic E-state index is 12.6. The molecule has 4 aromatic rings. The van der Waals surface area contributed by atoms with Crippen molar-refractivity contribution >= 4 is 17.5 Å². The van der Waals surface area contributed by atoms with Crippen LogP contribution in [0.15, 0.2) is 103 Å². The molecule has 6 nitrogen and oxygen atoms in total. The van der Waals surface area contributed by atoms with Crippen LogP contribution in [0.3, 0.4) is 0 Å². The van der Waals surface area contributed by atoms with Crippen molar-refractivity contribution in [1.29, 1.82) is 0 Å². The van der Waals surface area contributed by atoms with E-state index in [2.05, 4.69) is 44.8 Å². The first-order valence-electron chi connectivity index (χ1n) is 14.1. The minimum absolute atomic E-state index is 0.141. The number of nitrogens with one attached hydrogen (secondary N) is 2. The van der Waals surface area contributed by atoms with E-state index in [1.165, 1.54) is 11.1 Å². The van der Waals surface area contributed by atoms with E-state index in [0.29, 0.717) is 18.2 Å². The Morgan fingerprint density at radius 1 is 0.775 bits per heavy atom. The lowest BCUT2D eigenvalue weighted by atomic mass is 10.0. The largest absolute Gasteiger partial charge is 0.367 e. The highest BCUT2D eigenvalue weighted by atomic mass is 16.2. The predicted octanol–water partition coefficient (Wildman–Crippen LogP) is 5.76.